The van der Waals surface area contributed by atoms with Gasteiger partial charge in [-0.2, -0.15) is 0 Å². The maximum Gasteiger partial charge on any atom is 0.227 e. The number of nitrogens with one attached hydrogen (secondary N) is 1. The van der Waals surface area contributed by atoms with Crippen molar-refractivity contribution in [1.29, 1.82) is 0 Å². The highest BCUT2D eigenvalue weighted by Crippen LogP contribution is 2.27. The van der Waals surface area contributed by atoms with Crippen LogP contribution in [0.2, 0.25) is 0 Å². The Kier molecular flexibility index (Phi) is 5.89. The fraction of sp³-hybridized carbons (Fsp3) is 0.333. The van der Waals surface area contributed by atoms with Gasteiger partial charge in [-0.1, -0.05) is 30.3 Å². The van der Waals surface area contributed by atoms with Crippen LogP contribution < -0.4 is 15.0 Å². The molecular weight excluding hydrogens is 328 g/mol. The number of ether oxygens (including phenoxy) is 1. The largest absolute Gasteiger partial charge is 0.494 e. The molecule has 1 aliphatic heterocycles. The minimum absolute atomic E-state index is 0.0163. The zero-order valence-electron chi connectivity index (χ0n) is 15.0. The molecule has 0 saturated carbocycles. The van der Waals surface area contributed by atoms with Crippen LogP contribution in [0.1, 0.15) is 18.9 Å². The van der Waals surface area contributed by atoms with Crippen molar-refractivity contribution < 1.29 is 14.3 Å². The van der Waals surface area contributed by atoms with Crippen molar-refractivity contribution in [2.75, 3.05) is 24.6 Å². The molecule has 3 rings (SSSR count). The molecule has 1 N–H and O–H groups in total. The number of carbonyl (C=O) groups is 2. The highest BCUT2D eigenvalue weighted by molar-refractivity contribution is 6.00. The van der Waals surface area contributed by atoms with Gasteiger partial charge in [-0.25, -0.2) is 0 Å². The summed E-state index contributed by atoms with van der Waals surface area (Å²) in [5, 5.41) is 2.95. The average molecular weight is 352 g/mol. The zero-order chi connectivity index (χ0) is 18.4. The molecule has 0 bridgehead atoms. The van der Waals surface area contributed by atoms with E-state index >= 15 is 0 Å². The Balaban J connectivity index is 1.52. The predicted octanol–water partition coefficient (Wildman–Crippen LogP) is 2.80. The summed E-state index contributed by atoms with van der Waals surface area (Å²) in [6.45, 7) is 3.53. The molecule has 5 heteroatoms. The molecule has 0 radical (unpaired) electrons. The lowest BCUT2D eigenvalue weighted by atomic mass is 10.1. The number of carbonyl (C=O) groups excluding carboxylic acids is 2. The number of anilines is 1. The molecule has 5 nitrogen and oxygen atoms in total. The van der Waals surface area contributed by atoms with Crippen molar-refractivity contribution >= 4 is 17.5 Å². The van der Waals surface area contributed by atoms with E-state index in [1.54, 1.807) is 4.90 Å². The van der Waals surface area contributed by atoms with E-state index in [1.807, 2.05) is 61.5 Å². The lowest BCUT2D eigenvalue weighted by molar-refractivity contribution is -0.126. The quantitative estimate of drug-likeness (QED) is 0.834. The van der Waals surface area contributed by atoms with Crippen LogP contribution in [0.5, 0.6) is 5.75 Å². The summed E-state index contributed by atoms with van der Waals surface area (Å²) in [5.74, 6) is 0.406. The normalized spacial score (nSPS) is 16.6. The molecule has 1 atom stereocenters. The average Bonchev–Trinajstić information content (AvgIpc) is 3.05. The van der Waals surface area contributed by atoms with Crippen LogP contribution in [0.4, 0.5) is 5.69 Å². The molecule has 1 aliphatic rings. The van der Waals surface area contributed by atoms with Gasteiger partial charge in [0.15, 0.2) is 0 Å². The first-order valence-corrected chi connectivity index (χ1v) is 9.02. The van der Waals surface area contributed by atoms with Gasteiger partial charge in [0.1, 0.15) is 5.75 Å². The van der Waals surface area contributed by atoms with Gasteiger partial charge in [0, 0.05) is 25.2 Å². The molecular formula is C21H24N2O3. The fourth-order valence-corrected chi connectivity index (χ4v) is 3.14. The van der Waals surface area contributed by atoms with Crippen molar-refractivity contribution in [3.8, 4) is 5.75 Å². The highest BCUT2D eigenvalue weighted by Gasteiger charge is 2.34. The van der Waals surface area contributed by atoms with Gasteiger partial charge in [0.25, 0.3) is 0 Å². The van der Waals surface area contributed by atoms with Crippen LogP contribution in [0.25, 0.3) is 0 Å². The molecule has 2 aromatic carbocycles. The van der Waals surface area contributed by atoms with Crippen LogP contribution in [0.15, 0.2) is 54.6 Å². The summed E-state index contributed by atoms with van der Waals surface area (Å²) in [6, 6.07) is 17.4. The molecule has 26 heavy (non-hydrogen) atoms. The summed E-state index contributed by atoms with van der Waals surface area (Å²) in [7, 11) is 0. The minimum atomic E-state index is -0.301. The Morgan fingerprint density at radius 2 is 1.88 bits per heavy atom. The van der Waals surface area contributed by atoms with Crippen molar-refractivity contribution in [2.24, 2.45) is 5.92 Å². The van der Waals surface area contributed by atoms with Gasteiger partial charge in [-0.15, -0.1) is 0 Å². The van der Waals surface area contributed by atoms with Crippen LogP contribution >= 0.6 is 0 Å². The van der Waals surface area contributed by atoms with E-state index in [1.165, 1.54) is 5.56 Å². The minimum Gasteiger partial charge on any atom is -0.494 e. The van der Waals surface area contributed by atoms with Crippen LogP contribution in [0.3, 0.4) is 0 Å². The molecule has 1 heterocycles. The van der Waals surface area contributed by atoms with E-state index in [2.05, 4.69) is 5.32 Å². The third-order valence-corrected chi connectivity index (χ3v) is 4.51. The lowest BCUT2D eigenvalue weighted by Crippen LogP contribution is -2.34. The summed E-state index contributed by atoms with van der Waals surface area (Å²) >= 11 is 0. The standard InChI is InChI=1S/C21H24N2O3/c1-2-26-19-10-8-18(9-11-19)23-15-17(14-20(23)24)21(25)22-13-12-16-6-4-3-5-7-16/h3-11,17H,2,12-15H2,1H3,(H,22,25)/t17-/m1/s1. The molecule has 2 amide bonds. The van der Waals surface area contributed by atoms with Crippen molar-refractivity contribution in [3.05, 3.63) is 60.2 Å². The third-order valence-electron chi connectivity index (χ3n) is 4.51. The fourth-order valence-electron chi connectivity index (χ4n) is 3.14. The summed E-state index contributed by atoms with van der Waals surface area (Å²) in [5.41, 5.74) is 1.99. The third kappa shape index (κ3) is 4.42. The first-order valence-electron chi connectivity index (χ1n) is 9.02. The first kappa shape index (κ1) is 18.0. The molecule has 0 spiro atoms. The van der Waals surface area contributed by atoms with E-state index in [4.69, 9.17) is 4.74 Å². The van der Waals surface area contributed by atoms with Crippen LogP contribution in [-0.4, -0.2) is 31.5 Å². The maximum absolute atomic E-state index is 12.4. The lowest BCUT2D eigenvalue weighted by Gasteiger charge is -2.17. The van der Waals surface area contributed by atoms with E-state index < -0.39 is 0 Å². The first-order chi connectivity index (χ1) is 12.7. The van der Waals surface area contributed by atoms with Crippen LogP contribution in [0, 0.1) is 5.92 Å². The smallest absolute Gasteiger partial charge is 0.227 e. The number of hydrogen-bond donors (Lipinski definition) is 1. The predicted molar refractivity (Wildman–Crippen MR) is 101 cm³/mol. The van der Waals surface area contributed by atoms with E-state index in [0.29, 0.717) is 19.7 Å². The Morgan fingerprint density at radius 1 is 1.15 bits per heavy atom. The summed E-state index contributed by atoms with van der Waals surface area (Å²) in [4.78, 5) is 26.4. The Hall–Kier alpha value is -2.82. The van der Waals surface area contributed by atoms with Gasteiger partial charge in [-0.3, -0.25) is 9.59 Å². The Morgan fingerprint density at radius 3 is 2.58 bits per heavy atom. The van der Waals surface area contributed by atoms with Crippen molar-refractivity contribution in [3.63, 3.8) is 0 Å². The van der Waals surface area contributed by atoms with Crippen molar-refractivity contribution in [2.45, 2.75) is 19.8 Å². The van der Waals surface area contributed by atoms with Crippen molar-refractivity contribution in [1.82, 2.24) is 5.32 Å². The topological polar surface area (TPSA) is 58.6 Å². The van der Waals surface area contributed by atoms with E-state index in [-0.39, 0.29) is 24.2 Å². The molecule has 0 unspecified atom stereocenters. The Bertz CT molecular complexity index is 744. The maximum atomic E-state index is 12.4. The SMILES string of the molecule is CCOc1ccc(N2C[C@H](C(=O)NCCc3ccccc3)CC2=O)cc1. The number of benzene rings is 2. The molecule has 2 aromatic rings. The van der Waals surface area contributed by atoms with E-state index in [0.717, 1.165) is 17.9 Å². The second-order valence-electron chi connectivity index (χ2n) is 6.36. The number of rotatable bonds is 7. The monoisotopic (exact) mass is 352 g/mol. The zero-order valence-corrected chi connectivity index (χ0v) is 15.0. The van der Waals surface area contributed by atoms with Gasteiger partial charge in [0.05, 0.1) is 12.5 Å². The second-order valence-corrected chi connectivity index (χ2v) is 6.36. The van der Waals surface area contributed by atoms with E-state index in [9.17, 15) is 9.59 Å². The number of nitrogens with zero attached hydrogens (tertiary/aromatic N) is 1. The molecule has 1 fully saturated rings. The molecule has 136 valence electrons. The number of hydrogen-bond acceptors (Lipinski definition) is 3. The summed E-state index contributed by atoms with van der Waals surface area (Å²) in [6.07, 6.45) is 1.04. The van der Waals surface area contributed by atoms with Gasteiger partial charge >= 0.3 is 0 Å². The van der Waals surface area contributed by atoms with Gasteiger partial charge < -0.3 is 15.0 Å². The highest BCUT2D eigenvalue weighted by atomic mass is 16.5. The molecule has 0 aromatic heterocycles. The Labute approximate surface area is 154 Å². The molecule has 0 aliphatic carbocycles. The summed E-state index contributed by atoms with van der Waals surface area (Å²) < 4.78 is 5.42. The molecule has 1 saturated heterocycles. The second kappa shape index (κ2) is 8.52. The number of amides is 2. The van der Waals surface area contributed by atoms with Gasteiger partial charge in [-0.05, 0) is 43.2 Å². The van der Waals surface area contributed by atoms with Gasteiger partial charge in [0.2, 0.25) is 11.8 Å². The van der Waals surface area contributed by atoms with Crippen LogP contribution in [-0.2, 0) is 16.0 Å².